The molecule has 2 aromatic rings. The van der Waals surface area contributed by atoms with E-state index in [1.165, 1.54) is 5.56 Å². The topological polar surface area (TPSA) is 32.3 Å². The van der Waals surface area contributed by atoms with E-state index in [4.69, 9.17) is 23.2 Å². The predicted octanol–water partition coefficient (Wildman–Crippen LogP) is 4.89. The van der Waals surface area contributed by atoms with E-state index >= 15 is 0 Å². The molecule has 1 aliphatic rings. The Kier molecular flexibility index (Phi) is 6.35. The molecule has 1 saturated heterocycles. The van der Waals surface area contributed by atoms with Gasteiger partial charge in [-0.2, -0.15) is 0 Å². The summed E-state index contributed by atoms with van der Waals surface area (Å²) >= 11 is 12.1. The second-order valence-corrected chi connectivity index (χ2v) is 7.34. The van der Waals surface area contributed by atoms with Gasteiger partial charge in [0.05, 0.1) is 22.3 Å². The van der Waals surface area contributed by atoms with Crippen molar-refractivity contribution in [1.29, 1.82) is 0 Å². The van der Waals surface area contributed by atoms with Crippen molar-refractivity contribution in [3.63, 3.8) is 0 Å². The van der Waals surface area contributed by atoms with Gasteiger partial charge in [-0.15, -0.1) is 0 Å². The van der Waals surface area contributed by atoms with E-state index in [2.05, 4.69) is 40.5 Å². The van der Waals surface area contributed by atoms with Crippen LogP contribution in [0.3, 0.4) is 0 Å². The molecule has 0 atom stereocenters. The molecule has 0 aromatic heterocycles. The van der Waals surface area contributed by atoms with E-state index in [0.29, 0.717) is 28.2 Å². The van der Waals surface area contributed by atoms with Gasteiger partial charge in [0.25, 0.3) is 0 Å². The highest BCUT2D eigenvalue weighted by Gasteiger charge is 2.21. The van der Waals surface area contributed by atoms with Crippen molar-refractivity contribution in [2.45, 2.75) is 19.3 Å². The van der Waals surface area contributed by atoms with Crippen LogP contribution in [0.5, 0.6) is 0 Å². The molecule has 0 unspecified atom stereocenters. The van der Waals surface area contributed by atoms with Crippen LogP contribution in [-0.4, -0.2) is 30.4 Å². The third-order valence-electron chi connectivity index (χ3n) is 4.67. The van der Waals surface area contributed by atoms with Crippen molar-refractivity contribution in [3.8, 4) is 0 Å². The van der Waals surface area contributed by atoms with Crippen LogP contribution < -0.4 is 5.32 Å². The molecule has 132 valence electrons. The number of hydrogen-bond donors (Lipinski definition) is 1. The van der Waals surface area contributed by atoms with Gasteiger partial charge in [-0.3, -0.25) is 9.69 Å². The number of rotatable bonds is 5. The van der Waals surface area contributed by atoms with Crippen LogP contribution in [0.1, 0.15) is 18.4 Å². The number of carbonyl (C=O) groups excluding carboxylic acids is 1. The lowest BCUT2D eigenvalue weighted by atomic mass is 9.90. The number of likely N-dealkylation sites (tertiary alicyclic amines) is 1. The fourth-order valence-electron chi connectivity index (χ4n) is 3.29. The van der Waals surface area contributed by atoms with E-state index in [0.717, 1.165) is 32.4 Å². The summed E-state index contributed by atoms with van der Waals surface area (Å²) in [5.41, 5.74) is 1.97. The molecule has 0 saturated carbocycles. The third-order valence-corrected chi connectivity index (χ3v) is 5.49. The molecular weight excluding hydrogens is 355 g/mol. The van der Waals surface area contributed by atoms with Crippen molar-refractivity contribution in [2.24, 2.45) is 5.92 Å². The number of carbonyl (C=O) groups is 1. The fraction of sp³-hybridized carbons (Fsp3) is 0.350. The molecule has 1 heterocycles. The van der Waals surface area contributed by atoms with Crippen molar-refractivity contribution in [3.05, 3.63) is 64.1 Å². The molecule has 1 fully saturated rings. The van der Waals surface area contributed by atoms with Crippen molar-refractivity contribution in [1.82, 2.24) is 4.90 Å². The number of nitrogens with one attached hydrogen (secondary N) is 1. The maximum absolute atomic E-state index is 12.3. The Bertz CT molecular complexity index is 713. The molecule has 0 aliphatic carbocycles. The molecule has 5 heteroatoms. The molecule has 1 N–H and O–H groups in total. The summed E-state index contributed by atoms with van der Waals surface area (Å²) < 4.78 is 0. The van der Waals surface area contributed by atoms with Crippen LogP contribution in [-0.2, 0) is 11.2 Å². The summed E-state index contributed by atoms with van der Waals surface area (Å²) in [6.07, 6.45) is 3.37. The highest BCUT2D eigenvalue weighted by molar-refractivity contribution is 6.43. The Morgan fingerprint density at radius 2 is 1.76 bits per heavy atom. The first-order valence-electron chi connectivity index (χ1n) is 8.62. The van der Waals surface area contributed by atoms with E-state index < -0.39 is 0 Å². The number of piperidine rings is 1. The molecule has 0 spiro atoms. The Hall–Kier alpha value is -1.55. The van der Waals surface area contributed by atoms with Crippen molar-refractivity contribution in [2.75, 3.05) is 25.0 Å². The highest BCUT2D eigenvalue weighted by Crippen LogP contribution is 2.29. The summed E-state index contributed by atoms with van der Waals surface area (Å²) in [7, 11) is 0. The van der Waals surface area contributed by atoms with Gasteiger partial charge < -0.3 is 5.32 Å². The van der Waals surface area contributed by atoms with Crippen LogP contribution in [0, 0.1) is 5.92 Å². The molecule has 3 rings (SSSR count). The quantitative estimate of drug-likeness (QED) is 0.805. The van der Waals surface area contributed by atoms with Crippen LogP contribution in [0.15, 0.2) is 48.5 Å². The molecule has 2 aromatic carbocycles. The lowest BCUT2D eigenvalue weighted by Crippen LogP contribution is -2.39. The van der Waals surface area contributed by atoms with Gasteiger partial charge in [-0.05, 0) is 56.0 Å². The zero-order valence-electron chi connectivity index (χ0n) is 14.1. The summed E-state index contributed by atoms with van der Waals surface area (Å²) in [5.74, 6) is 0.648. The molecule has 0 bridgehead atoms. The standard InChI is InChI=1S/C20H22Cl2N2O/c21-17-7-4-8-18(20(17)22)23-19(25)14-24-11-9-16(10-12-24)13-15-5-2-1-3-6-15/h1-8,16H,9-14H2,(H,23,25). The Balaban J connectivity index is 1.45. The van der Waals surface area contributed by atoms with Gasteiger partial charge in [0.2, 0.25) is 5.91 Å². The second kappa shape index (κ2) is 8.70. The normalized spacial score (nSPS) is 15.9. The first-order chi connectivity index (χ1) is 12.1. The second-order valence-electron chi connectivity index (χ2n) is 6.56. The number of amides is 1. The maximum Gasteiger partial charge on any atom is 0.238 e. The minimum Gasteiger partial charge on any atom is -0.324 e. The van der Waals surface area contributed by atoms with Crippen LogP contribution in [0.2, 0.25) is 10.0 Å². The van der Waals surface area contributed by atoms with Crippen LogP contribution >= 0.6 is 23.2 Å². The predicted molar refractivity (Wildman–Crippen MR) is 104 cm³/mol. The average molecular weight is 377 g/mol. The molecule has 1 aliphatic heterocycles. The van der Waals surface area contributed by atoms with Crippen LogP contribution in [0.4, 0.5) is 5.69 Å². The van der Waals surface area contributed by atoms with Gasteiger partial charge in [-0.25, -0.2) is 0 Å². The Labute approximate surface area is 158 Å². The van der Waals surface area contributed by atoms with Gasteiger partial charge in [0.15, 0.2) is 0 Å². The van der Waals surface area contributed by atoms with E-state index in [1.54, 1.807) is 18.2 Å². The Morgan fingerprint density at radius 3 is 2.48 bits per heavy atom. The number of nitrogens with zero attached hydrogens (tertiary/aromatic N) is 1. The summed E-state index contributed by atoms with van der Waals surface area (Å²) in [4.78, 5) is 14.5. The van der Waals surface area contributed by atoms with Crippen LogP contribution in [0.25, 0.3) is 0 Å². The first-order valence-corrected chi connectivity index (χ1v) is 9.37. The third kappa shape index (κ3) is 5.21. The van der Waals surface area contributed by atoms with Crippen molar-refractivity contribution >= 4 is 34.8 Å². The van der Waals surface area contributed by atoms with E-state index in [1.807, 2.05) is 0 Å². The first kappa shape index (κ1) is 18.2. The molecular formula is C20H22Cl2N2O. The molecule has 0 radical (unpaired) electrons. The number of halogens is 2. The number of hydrogen-bond acceptors (Lipinski definition) is 2. The van der Waals surface area contributed by atoms with Gasteiger partial charge >= 0.3 is 0 Å². The minimum atomic E-state index is -0.0503. The van der Waals surface area contributed by atoms with Gasteiger partial charge in [0.1, 0.15) is 0 Å². The average Bonchev–Trinajstić information content (AvgIpc) is 2.62. The minimum absolute atomic E-state index is 0.0503. The van der Waals surface area contributed by atoms with Gasteiger partial charge in [0, 0.05) is 0 Å². The summed E-state index contributed by atoms with van der Waals surface area (Å²) in [5, 5.41) is 3.69. The van der Waals surface area contributed by atoms with Gasteiger partial charge in [-0.1, -0.05) is 59.6 Å². The number of anilines is 1. The lowest BCUT2D eigenvalue weighted by molar-refractivity contribution is -0.117. The monoisotopic (exact) mass is 376 g/mol. The zero-order valence-corrected chi connectivity index (χ0v) is 15.6. The SMILES string of the molecule is O=C(CN1CCC(Cc2ccccc2)CC1)Nc1cccc(Cl)c1Cl. The lowest BCUT2D eigenvalue weighted by Gasteiger charge is -2.31. The highest BCUT2D eigenvalue weighted by atomic mass is 35.5. The molecule has 3 nitrogen and oxygen atoms in total. The van der Waals surface area contributed by atoms with Crippen molar-refractivity contribution < 1.29 is 4.79 Å². The summed E-state index contributed by atoms with van der Waals surface area (Å²) in [6, 6.07) is 15.9. The zero-order chi connectivity index (χ0) is 17.6. The smallest absolute Gasteiger partial charge is 0.238 e. The fourth-order valence-corrected chi connectivity index (χ4v) is 3.64. The molecule has 25 heavy (non-hydrogen) atoms. The van der Waals surface area contributed by atoms with E-state index in [9.17, 15) is 4.79 Å². The maximum atomic E-state index is 12.3. The molecule has 1 amide bonds. The summed E-state index contributed by atoms with van der Waals surface area (Å²) in [6.45, 7) is 2.29. The number of benzene rings is 2. The Morgan fingerprint density at radius 1 is 1.04 bits per heavy atom. The van der Waals surface area contributed by atoms with E-state index in [-0.39, 0.29) is 5.91 Å². The largest absolute Gasteiger partial charge is 0.324 e.